The van der Waals surface area contributed by atoms with E-state index >= 15 is 0 Å². The molecule has 1 amide bonds. The lowest BCUT2D eigenvalue weighted by Gasteiger charge is -2.07. The van der Waals surface area contributed by atoms with Crippen LogP contribution in [0.25, 0.3) is 0 Å². The van der Waals surface area contributed by atoms with Gasteiger partial charge in [-0.05, 0) is 36.4 Å². The Morgan fingerprint density at radius 2 is 2.00 bits per heavy atom. The summed E-state index contributed by atoms with van der Waals surface area (Å²) in [6, 6.07) is 10.3. The summed E-state index contributed by atoms with van der Waals surface area (Å²) in [5.74, 6) is 0.533. The highest BCUT2D eigenvalue weighted by Gasteiger charge is 2.06. The minimum atomic E-state index is -0.200. The van der Waals surface area contributed by atoms with Crippen molar-refractivity contribution in [3.63, 3.8) is 0 Å². The largest absolute Gasteiger partial charge is 0.383 e. The fourth-order valence-electron chi connectivity index (χ4n) is 1.66. The van der Waals surface area contributed by atoms with Crippen molar-refractivity contribution in [1.82, 2.24) is 4.98 Å². The van der Waals surface area contributed by atoms with Crippen LogP contribution in [0.1, 0.15) is 10.4 Å². The summed E-state index contributed by atoms with van der Waals surface area (Å²) in [6.07, 6.45) is 1.60. The fraction of sp³-hybridized carbons (Fsp3) is 0.200. The van der Waals surface area contributed by atoms with Crippen LogP contribution in [0.15, 0.2) is 42.6 Å². The van der Waals surface area contributed by atoms with E-state index in [4.69, 9.17) is 16.3 Å². The standard InChI is InChI=1S/C15H16ClN3O2/c1-21-9-8-17-14-7-6-13(10-18-14)19-15(20)11-2-4-12(16)5-3-11/h2-7,10H,8-9H2,1H3,(H,17,18)(H,19,20). The van der Waals surface area contributed by atoms with Gasteiger partial charge in [-0.2, -0.15) is 0 Å². The molecule has 0 aliphatic carbocycles. The van der Waals surface area contributed by atoms with Gasteiger partial charge < -0.3 is 15.4 Å². The lowest BCUT2D eigenvalue weighted by molar-refractivity contribution is 0.102. The molecule has 110 valence electrons. The number of aromatic nitrogens is 1. The van der Waals surface area contributed by atoms with Crippen LogP contribution in [0, 0.1) is 0 Å². The van der Waals surface area contributed by atoms with Crippen molar-refractivity contribution in [2.75, 3.05) is 30.9 Å². The molecule has 2 N–H and O–H groups in total. The number of benzene rings is 1. The Hall–Kier alpha value is -2.11. The molecule has 2 rings (SSSR count). The molecule has 0 bridgehead atoms. The van der Waals surface area contributed by atoms with Crippen molar-refractivity contribution in [2.24, 2.45) is 0 Å². The van der Waals surface area contributed by atoms with E-state index in [1.54, 1.807) is 49.7 Å². The second-order valence-corrected chi connectivity index (χ2v) is 4.75. The number of nitrogens with zero attached hydrogens (tertiary/aromatic N) is 1. The number of hydrogen-bond acceptors (Lipinski definition) is 4. The Labute approximate surface area is 128 Å². The van der Waals surface area contributed by atoms with Gasteiger partial charge in [0.15, 0.2) is 0 Å². The van der Waals surface area contributed by atoms with Crippen LogP contribution >= 0.6 is 11.6 Å². The summed E-state index contributed by atoms with van der Waals surface area (Å²) in [5, 5.41) is 6.47. The van der Waals surface area contributed by atoms with Crippen LogP contribution in [0.5, 0.6) is 0 Å². The molecule has 1 heterocycles. The number of carbonyl (C=O) groups excluding carboxylic acids is 1. The van der Waals surface area contributed by atoms with E-state index in [1.165, 1.54) is 0 Å². The summed E-state index contributed by atoms with van der Waals surface area (Å²) in [4.78, 5) is 16.2. The zero-order valence-electron chi connectivity index (χ0n) is 11.6. The van der Waals surface area contributed by atoms with E-state index in [1.807, 2.05) is 0 Å². The number of carbonyl (C=O) groups is 1. The first kappa shape index (κ1) is 15.3. The van der Waals surface area contributed by atoms with E-state index in [2.05, 4.69) is 15.6 Å². The molecule has 0 aliphatic heterocycles. The zero-order chi connectivity index (χ0) is 15.1. The lowest BCUT2D eigenvalue weighted by Crippen LogP contribution is -2.12. The van der Waals surface area contributed by atoms with Crippen LogP contribution in [0.2, 0.25) is 5.02 Å². The number of halogens is 1. The second kappa shape index (κ2) is 7.61. The molecule has 21 heavy (non-hydrogen) atoms. The van der Waals surface area contributed by atoms with Gasteiger partial charge in [0.2, 0.25) is 0 Å². The van der Waals surface area contributed by atoms with Crippen molar-refractivity contribution in [3.05, 3.63) is 53.2 Å². The molecule has 2 aromatic rings. The van der Waals surface area contributed by atoms with Crippen LogP contribution < -0.4 is 10.6 Å². The predicted molar refractivity (Wildman–Crippen MR) is 84.0 cm³/mol. The molecule has 0 saturated heterocycles. The van der Waals surface area contributed by atoms with Gasteiger partial charge in [0.1, 0.15) is 5.82 Å². The Morgan fingerprint density at radius 1 is 1.24 bits per heavy atom. The Bertz CT molecular complexity index is 585. The molecule has 1 aromatic carbocycles. The highest BCUT2D eigenvalue weighted by molar-refractivity contribution is 6.30. The molecule has 5 nitrogen and oxygen atoms in total. The molecule has 0 saturated carbocycles. The normalized spacial score (nSPS) is 10.2. The van der Waals surface area contributed by atoms with Gasteiger partial charge in [-0.3, -0.25) is 4.79 Å². The van der Waals surface area contributed by atoms with E-state index in [-0.39, 0.29) is 5.91 Å². The second-order valence-electron chi connectivity index (χ2n) is 4.31. The van der Waals surface area contributed by atoms with Gasteiger partial charge in [-0.25, -0.2) is 4.98 Å². The number of hydrogen-bond donors (Lipinski definition) is 2. The molecule has 0 atom stereocenters. The van der Waals surface area contributed by atoms with Crippen molar-refractivity contribution < 1.29 is 9.53 Å². The molecule has 0 spiro atoms. The number of pyridine rings is 1. The molecular weight excluding hydrogens is 290 g/mol. The maximum Gasteiger partial charge on any atom is 0.255 e. The number of methoxy groups -OCH3 is 1. The van der Waals surface area contributed by atoms with Gasteiger partial charge in [0, 0.05) is 24.2 Å². The summed E-state index contributed by atoms with van der Waals surface area (Å²) >= 11 is 5.79. The van der Waals surface area contributed by atoms with Gasteiger partial charge >= 0.3 is 0 Å². The highest BCUT2D eigenvalue weighted by atomic mass is 35.5. The monoisotopic (exact) mass is 305 g/mol. The van der Waals surface area contributed by atoms with Gasteiger partial charge in [-0.15, -0.1) is 0 Å². The quantitative estimate of drug-likeness (QED) is 0.805. The summed E-state index contributed by atoms with van der Waals surface area (Å²) in [7, 11) is 1.64. The Kier molecular flexibility index (Phi) is 5.54. The number of rotatable bonds is 6. The number of ether oxygens (including phenoxy) is 1. The summed E-state index contributed by atoms with van der Waals surface area (Å²) < 4.78 is 4.94. The average molecular weight is 306 g/mol. The fourth-order valence-corrected chi connectivity index (χ4v) is 1.78. The van der Waals surface area contributed by atoms with E-state index in [0.29, 0.717) is 29.4 Å². The zero-order valence-corrected chi connectivity index (χ0v) is 12.4. The van der Waals surface area contributed by atoms with Crippen molar-refractivity contribution >= 4 is 29.0 Å². The number of amides is 1. The van der Waals surface area contributed by atoms with Gasteiger partial charge in [0.05, 0.1) is 18.5 Å². The molecule has 0 unspecified atom stereocenters. The van der Waals surface area contributed by atoms with Crippen LogP contribution in [-0.4, -0.2) is 31.2 Å². The molecule has 1 aromatic heterocycles. The minimum absolute atomic E-state index is 0.200. The van der Waals surface area contributed by atoms with Crippen LogP contribution in [0.3, 0.4) is 0 Å². The SMILES string of the molecule is COCCNc1ccc(NC(=O)c2ccc(Cl)cc2)cn1. The third kappa shape index (κ3) is 4.73. The maximum atomic E-state index is 12.0. The molecule has 0 aliphatic rings. The maximum absolute atomic E-state index is 12.0. The first-order chi connectivity index (χ1) is 10.2. The first-order valence-corrected chi connectivity index (χ1v) is 6.82. The molecule has 0 radical (unpaired) electrons. The van der Waals surface area contributed by atoms with E-state index in [9.17, 15) is 4.79 Å². The Balaban J connectivity index is 1.93. The smallest absolute Gasteiger partial charge is 0.255 e. The third-order valence-corrected chi connectivity index (χ3v) is 2.99. The average Bonchev–Trinajstić information content (AvgIpc) is 2.50. The molecule has 0 fully saturated rings. The number of nitrogens with one attached hydrogen (secondary N) is 2. The van der Waals surface area contributed by atoms with Gasteiger partial charge in [-0.1, -0.05) is 11.6 Å². The summed E-state index contributed by atoms with van der Waals surface area (Å²) in [6.45, 7) is 1.29. The van der Waals surface area contributed by atoms with Crippen molar-refractivity contribution in [2.45, 2.75) is 0 Å². The van der Waals surface area contributed by atoms with Crippen molar-refractivity contribution in [3.8, 4) is 0 Å². The number of anilines is 2. The predicted octanol–water partition coefficient (Wildman–Crippen LogP) is 3.05. The van der Waals surface area contributed by atoms with E-state index in [0.717, 1.165) is 5.82 Å². The Morgan fingerprint density at radius 3 is 2.62 bits per heavy atom. The van der Waals surface area contributed by atoms with Crippen molar-refractivity contribution in [1.29, 1.82) is 0 Å². The lowest BCUT2D eigenvalue weighted by atomic mass is 10.2. The van der Waals surface area contributed by atoms with Crippen LogP contribution in [-0.2, 0) is 4.74 Å². The topological polar surface area (TPSA) is 63.2 Å². The first-order valence-electron chi connectivity index (χ1n) is 6.45. The third-order valence-electron chi connectivity index (χ3n) is 2.74. The molecular formula is C15H16ClN3O2. The minimum Gasteiger partial charge on any atom is -0.383 e. The van der Waals surface area contributed by atoms with Gasteiger partial charge in [0.25, 0.3) is 5.91 Å². The van der Waals surface area contributed by atoms with E-state index < -0.39 is 0 Å². The summed E-state index contributed by atoms with van der Waals surface area (Å²) in [5.41, 5.74) is 1.17. The highest BCUT2D eigenvalue weighted by Crippen LogP contribution is 2.13. The van der Waals surface area contributed by atoms with Crippen LogP contribution in [0.4, 0.5) is 11.5 Å². The molecule has 6 heteroatoms.